The first-order valence-electron chi connectivity index (χ1n) is 13.2. The Morgan fingerprint density at radius 2 is 1.29 bits per heavy atom. The number of amides is 1. The van der Waals surface area contributed by atoms with Crippen LogP contribution in [0.15, 0.2) is 84.9 Å². The molecular weight excluding hydrogens is 428 g/mol. The van der Waals surface area contributed by atoms with Gasteiger partial charge in [0.1, 0.15) is 5.41 Å². The molecule has 35 heavy (non-hydrogen) atoms. The van der Waals surface area contributed by atoms with E-state index < -0.39 is 5.41 Å². The van der Waals surface area contributed by atoms with Crippen molar-refractivity contribution in [2.24, 2.45) is 0 Å². The summed E-state index contributed by atoms with van der Waals surface area (Å²) in [6.07, 6.45) is 7.02. The number of para-hydroxylation sites is 1. The smallest absolute Gasteiger partial charge is 0.256 e. The molecule has 186 valence electrons. The first-order valence-corrected chi connectivity index (χ1v) is 13.2. The van der Waals surface area contributed by atoms with Gasteiger partial charge in [-0.2, -0.15) is 0 Å². The second-order valence-corrected chi connectivity index (χ2v) is 9.69. The van der Waals surface area contributed by atoms with Crippen molar-refractivity contribution in [1.82, 2.24) is 5.01 Å². The van der Waals surface area contributed by atoms with E-state index in [0.29, 0.717) is 0 Å². The van der Waals surface area contributed by atoms with Crippen LogP contribution in [-0.4, -0.2) is 25.0 Å². The van der Waals surface area contributed by atoms with Gasteiger partial charge in [0.05, 0.1) is 5.69 Å². The summed E-state index contributed by atoms with van der Waals surface area (Å²) in [6, 6.07) is 29.2. The lowest BCUT2D eigenvalue weighted by molar-refractivity contribution is -0.124. The van der Waals surface area contributed by atoms with Crippen LogP contribution >= 0.6 is 0 Å². The van der Waals surface area contributed by atoms with Crippen molar-refractivity contribution in [3.8, 4) is 0 Å². The van der Waals surface area contributed by atoms with Gasteiger partial charge in [0.15, 0.2) is 0 Å². The van der Waals surface area contributed by atoms with Crippen LogP contribution in [0, 0.1) is 0 Å². The number of anilines is 1. The molecular formula is C32H42N2O. The van der Waals surface area contributed by atoms with Crippen molar-refractivity contribution >= 4 is 11.6 Å². The topological polar surface area (TPSA) is 23.6 Å². The van der Waals surface area contributed by atoms with Gasteiger partial charge in [-0.1, -0.05) is 119 Å². The van der Waals surface area contributed by atoms with Gasteiger partial charge in [-0.25, -0.2) is 10.0 Å². The normalized spacial score (nSPS) is 16.9. The summed E-state index contributed by atoms with van der Waals surface area (Å²) < 4.78 is 0. The zero-order valence-corrected chi connectivity index (χ0v) is 22.2. The highest BCUT2D eigenvalue weighted by Gasteiger charge is 2.52. The molecule has 0 N–H and O–H groups in total. The van der Waals surface area contributed by atoms with E-state index in [2.05, 4.69) is 69.3 Å². The van der Waals surface area contributed by atoms with Crippen molar-refractivity contribution in [1.29, 1.82) is 0 Å². The highest BCUT2D eigenvalue weighted by Crippen LogP contribution is 2.49. The van der Waals surface area contributed by atoms with E-state index in [1.165, 1.54) is 31.2 Å². The van der Waals surface area contributed by atoms with Crippen molar-refractivity contribution in [2.45, 2.75) is 70.6 Å². The Hall–Kier alpha value is -2.91. The van der Waals surface area contributed by atoms with E-state index in [9.17, 15) is 4.79 Å². The Morgan fingerprint density at radius 1 is 0.743 bits per heavy atom. The van der Waals surface area contributed by atoms with Gasteiger partial charge in [-0.05, 0) is 47.9 Å². The number of nitrogens with zero attached hydrogens (tertiary/aromatic N) is 2. The highest BCUT2D eigenvalue weighted by molar-refractivity contribution is 6.09. The lowest BCUT2D eigenvalue weighted by atomic mass is 9.72. The fraction of sp³-hybridized carbons (Fsp3) is 0.406. The fourth-order valence-corrected chi connectivity index (χ4v) is 5.48. The van der Waals surface area contributed by atoms with E-state index >= 15 is 0 Å². The maximum Gasteiger partial charge on any atom is 0.256 e. The Kier molecular flexibility index (Phi) is 9.68. The summed E-state index contributed by atoms with van der Waals surface area (Å²) >= 11 is 0. The Bertz CT molecular complexity index is 1040. The molecule has 0 radical (unpaired) electrons. The van der Waals surface area contributed by atoms with E-state index in [4.69, 9.17) is 0 Å². The van der Waals surface area contributed by atoms with Crippen LogP contribution in [-0.2, 0) is 10.2 Å². The number of hydrogen-bond donors (Lipinski definition) is 0. The second kappa shape index (κ2) is 12.7. The van der Waals surface area contributed by atoms with Crippen LogP contribution in [0.2, 0.25) is 0 Å². The quantitative estimate of drug-likeness (QED) is 0.317. The Labute approximate surface area is 212 Å². The largest absolute Gasteiger partial charge is 0.272 e. The summed E-state index contributed by atoms with van der Waals surface area (Å²) in [6.45, 7) is 6.68. The first-order chi connectivity index (χ1) is 17.0. The summed E-state index contributed by atoms with van der Waals surface area (Å²) in [7, 11) is 3.84. The zero-order chi connectivity index (χ0) is 25.3. The number of fused-ring (bicyclic) bond motifs is 1. The lowest BCUT2D eigenvalue weighted by Crippen LogP contribution is -2.47. The average molecular weight is 471 g/mol. The summed E-state index contributed by atoms with van der Waals surface area (Å²) in [5, 5.41) is 3.68. The highest BCUT2D eigenvalue weighted by atomic mass is 16.2. The molecule has 0 saturated heterocycles. The minimum atomic E-state index is -0.573. The third-order valence-electron chi connectivity index (χ3n) is 6.99. The number of hydrazine groups is 1. The second-order valence-electron chi connectivity index (χ2n) is 9.69. The van der Waals surface area contributed by atoms with Crippen LogP contribution in [0.1, 0.15) is 81.9 Å². The SMILES string of the molecule is CCCC(CCC)c1ccccc1.CCCC1(c2ccccc2)C(=O)N(N(C)C)c2ccccc21. The lowest BCUT2D eigenvalue weighted by Gasteiger charge is -2.31. The predicted octanol–water partition coefficient (Wildman–Crippen LogP) is 7.97. The van der Waals surface area contributed by atoms with Gasteiger partial charge in [0, 0.05) is 14.1 Å². The van der Waals surface area contributed by atoms with Crippen LogP contribution in [0.25, 0.3) is 0 Å². The molecule has 3 nitrogen and oxygen atoms in total. The van der Waals surface area contributed by atoms with E-state index in [-0.39, 0.29) is 5.91 Å². The third kappa shape index (κ3) is 5.67. The molecule has 1 aliphatic heterocycles. The monoisotopic (exact) mass is 470 g/mol. The molecule has 1 heterocycles. The number of benzene rings is 3. The standard InChI is InChI=1S/C19H22N2O.C13H20/c1-4-14-19(15-10-6-5-7-11-15)16-12-8-9-13-17(16)21(18(19)22)20(2)3;1-3-8-12(9-4-2)13-10-6-5-7-11-13/h5-13H,4,14H2,1-3H3;5-7,10-12H,3-4,8-9H2,1-2H3. The van der Waals surface area contributed by atoms with Crippen LogP contribution in [0.3, 0.4) is 0 Å². The van der Waals surface area contributed by atoms with E-state index in [1.54, 1.807) is 5.01 Å². The molecule has 3 aromatic rings. The summed E-state index contributed by atoms with van der Waals surface area (Å²) in [4.78, 5) is 13.4. The van der Waals surface area contributed by atoms with Gasteiger partial charge in [0.25, 0.3) is 5.91 Å². The Balaban J connectivity index is 0.000000225. The molecule has 0 fully saturated rings. The molecule has 1 amide bonds. The van der Waals surface area contributed by atoms with Gasteiger partial charge < -0.3 is 0 Å². The number of carbonyl (C=O) groups excluding carboxylic acids is 1. The van der Waals surface area contributed by atoms with Crippen molar-refractivity contribution < 1.29 is 4.79 Å². The van der Waals surface area contributed by atoms with Crippen molar-refractivity contribution in [3.05, 3.63) is 102 Å². The maximum atomic E-state index is 13.4. The zero-order valence-electron chi connectivity index (χ0n) is 22.2. The third-order valence-corrected chi connectivity index (χ3v) is 6.99. The predicted molar refractivity (Wildman–Crippen MR) is 149 cm³/mol. The van der Waals surface area contributed by atoms with Crippen LogP contribution in [0.4, 0.5) is 5.69 Å². The average Bonchev–Trinajstić information content (AvgIpc) is 3.14. The van der Waals surface area contributed by atoms with Crippen LogP contribution < -0.4 is 5.01 Å². The maximum absolute atomic E-state index is 13.4. The van der Waals surface area contributed by atoms with Gasteiger partial charge >= 0.3 is 0 Å². The van der Waals surface area contributed by atoms with Crippen molar-refractivity contribution in [2.75, 3.05) is 19.1 Å². The number of hydrogen-bond acceptors (Lipinski definition) is 2. The Morgan fingerprint density at radius 3 is 1.83 bits per heavy atom. The molecule has 0 saturated carbocycles. The molecule has 1 aliphatic rings. The van der Waals surface area contributed by atoms with Crippen molar-refractivity contribution in [3.63, 3.8) is 0 Å². The molecule has 0 bridgehead atoms. The molecule has 3 heteroatoms. The van der Waals surface area contributed by atoms with E-state index in [1.807, 2.05) is 55.5 Å². The molecule has 0 spiro atoms. The molecule has 3 aromatic carbocycles. The van der Waals surface area contributed by atoms with Crippen LogP contribution in [0.5, 0.6) is 0 Å². The summed E-state index contributed by atoms with van der Waals surface area (Å²) in [5.41, 5.74) is 4.14. The first kappa shape index (κ1) is 26.7. The van der Waals surface area contributed by atoms with Gasteiger partial charge in [0.2, 0.25) is 0 Å². The van der Waals surface area contributed by atoms with Gasteiger partial charge in [-0.3, -0.25) is 4.79 Å². The summed E-state index contributed by atoms with van der Waals surface area (Å²) in [5.74, 6) is 0.933. The number of carbonyl (C=O) groups is 1. The van der Waals surface area contributed by atoms with Gasteiger partial charge in [-0.15, -0.1) is 0 Å². The molecule has 4 rings (SSSR count). The molecule has 1 atom stereocenters. The minimum absolute atomic E-state index is 0.145. The number of rotatable bonds is 9. The fourth-order valence-electron chi connectivity index (χ4n) is 5.48. The van der Waals surface area contributed by atoms with E-state index in [0.717, 1.165) is 35.6 Å². The molecule has 0 aliphatic carbocycles. The molecule has 1 unspecified atom stereocenters. The molecule has 0 aromatic heterocycles. The minimum Gasteiger partial charge on any atom is -0.272 e.